The Bertz CT molecular complexity index is 918. The first-order chi connectivity index (χ1) is 29.3. The maximum atomic E-state index is 12.8. The molecule has 0 aliphatic carbocycles. The second-order valence-electron chi connectivity index (χ2n) is 19.2. The van der Waals surface area contributed by atoms with Crippen LogP contribution in [0.2, 0.25) is 0 Å². The normalized spacial score (nSPS) is 12.5. The van der Waals surface area contributed by atoms with Gasteiger partial charge in [-0.3, -0.25) is 14.4 Å². The van der Waals surface area contributed by atoms with Crippen LogP contribution in [0.4, 0.5) is 0 Å². The summed E-state index contributed by atoms with van der Waals surface area (Å²) in [6.45, 7) is 11.4. The first kappa shape index (κ1) is 58.4. The Morgan fingerprint density at radius 3 is 0.950 bits per heavy atom. The molecule has 60 heavy (non-hydrogen) atoms. The molecule has 0 aromatic rings. The number of hydrogen-bond acceptors (Lipinski definition) is 6. The monoisotopic (exact) mass is 849 g/mol. The zero-order valence-corrected chi connectivity index (χ0v) is 41.1. The van der Waals surface area contributed by atoms with Crippen molar-refractivity contribution in [2.45, 2.75) is 304 Å². The fourth-order valence-corrected chi connectivity index (χ4v) is 8.13. The van der Waals surface area contributed by atoms with E-state index in [1.54, 1.807) is 0 Å². The fourth-order valence-electron chi connectivity index (χ4n) is 8.13. The molecular weight excluding hydrogens is 745 g/mol. The van der Waals surface area contributed by atoms with Crippen molar-refractivity contribution < 1.29 is 28.6 Å². The van der Waals surface area contributed by atoms with Crippen molar-refractivity contribution in [2.75, 3.05) is 13.2 Å². The van der Waals surface area contributed by atoms with Crippen molar-refractivity contribution in [2.24, 2.45) is 11.8 Å². The van der Waals surface area contributed by atoms with Crippen molar-refractivity contribution in [1.82, 2.24) is 0 Å². The smallest absolute Gasteiger partial charge is 0.306 e. The molecule has 356 valence electrons. The van der Waals surface area contributed by atoms with Gasteiger partial charge in [0.05, 0.1) is 0 Å². The van der Waals surface area contributed by atoms with Crippen LogP contribution in [0.1, 0.15) is 298 Å². The molecular formula is C54H104O6. The van der Waals surface area contributed by atoms with Gasteiger partial charge in [0.25, 0.3) is 0 Å². The van der Waals surface area contributed by atoms with E-state index in [0.29, 0.717) is 19.3 Å². The summed E-state index contributed by atoms with van der Waals surface area (Å²) < 4.78 is 16.8. The highest BCUT2D eigenvalue weighted by atomic mass is 16.6. The zero-order chi connectivity index (χ0) is 44.0. The third-order valence-electron chi connectivity index (χ3n) is 12.6. The molecule has 6 heteroatoms. The fraction of sp³-hybridized carbons (Fsp3) is 0.944. The third-order valence-corrected chi connectivity index (χ3v) is 12.6. The van der Waals surface area contributed by atoms with E-state index in [2.05, 4.69) is 34.6 Å². The molecule has 0 rings (SSSR count). The van der Waals surface area contributed by atoms with Crippen molar-refractivity contribution in [3.63, 3.8) is 0 Å². The first-order valence-electron chi connectivity index (χ1n) is 26.8. The van der Waals surface area contributed by atoms with Crippen LogP contribution in [-0.2, 0) is 28.6 Å². The van der Waals surface area contributed by atoms with Gasteiger partial charge >= 0.3 is 17.9 Å². The molecule has 0 aliphatic rings. The van der Waals surface area contributed by atoms with Gasteiger partial charge in [0.15, 0.2) is 6.10 Å². The summed E-state index contributed by atoms with van der Waals surface area (Å²) in [6, 6.07) is 0. The summed E-state index contributed by atoms with van der Waals surface area (Å²) in [6.07, 6.45) is 47.9. The SMILES string of the molecule is CCCCCCCCCCCCCCCCCC(=O)OC[C@@H](COC(=O)CCCCCCCCCCCCC(C)C)OC(=O)CCCCCCCCCCCCC(C)CC. The molecule has 0 heterocycles. The topological polar surface area (TPSA) is 78.9 Å². The summed E-state index contributed by atoms with van der Waals surface area (Å²) in [4.78, 5) is 38.0. The molecule has 0 amide bonds. The minimum absolute atomic E-state index is 0.0635. The van der Waals surface area contributed by atoms with Gasteiger partial charge in [-0.25, -0.2) is 0 Å². The molecule has 0 aromatic heterocycles. The van der Waals surface area contributed by atoms with Crippen LogP contribution in [0.3, 0.4) is 0 Å². The number of rotatable bonds is 48. The van der Waals surface area contributed by atoms with Crippen molar-refractivity contribution in [3.05, 3.63) is 0 Å². The summed E-state index contributed by atoms with van der Waals surface area (Å²) in [5.41, 5.74) is 0. The number of unbranched alkanes of at least 4 members (excludes halogenated alkanes) is 32. The molecule has 0 saturated heterocycles. The van der Waals surface area contributed by atoms with Gasteiger partial charge in [-0.2, -0.15) is 0 Å². The molecule has 0 aliphatic heterocycles. The Hall–Kier alpha value is -1.59. The molecule has 0 saturated carbocycles. The van der Waals surface area contributed by atoms with Gasteiger partial charge in [0.1, 0.15) is 13.2 Å². The average molecular weight is 849 g/mol. The highest BCUT2D eigenvalue weighted by molar-refractivity contribution is 5.71. The van der Waals surface area contributed by atoms with Gasteiger partial charge in [-0.15, -0.1) is 0 Å². The van der Waals surface area contributed by atoms with Crippen LogP contribution in [0, 0.1) is 11.8 Å². The maximum Gasteiger partial charge on any atom is 0.306 e. The molecule has 0 radical (unpaired) electrons. The predicted molar refractivity (Wildman–Crippen MR) is 256 cm³/mol. The quantitative estimate of drug-likeness (QED) is 0.0345. The second kappa shape index (κ2) is 46.9. The third kappa shape index (κ3) is 45.9. The van der Waals surface area contributed by atoms with E-state index in [4.69, 9.17) is 14.2 Å². The zero-order valence-electron chi connectivity index (χ0n) is 41.1. The van der Waals surface area contributed by atoms with Crippen LogP contribution in [0.5, 0.6) is 0 Å². The molecule has 0 N–H and O–H groups in total. The predicted octanol–water partition coefficient (Wildman–Crippen LogP) is 17.3. The number of ether oxygens (including phenoxy) is 3. The minimum Gasteiger partial charge on any atom is -0.462 e. The van der Waals surface area contributed by atoms with E-state index < -0.39 is 6.10 Å². The lowest BCUT2D eigenvalue weighted by Gasteiger charge is -2.18. The van der Waals surface area contributed by atoms with Crippen LogP contribution < -0.4 is 0 Å². The van der Waals surface area contributed by atoms with Crippen LogP contribution >= 0.6 is 0 Å². The van der Waals surface area contributed by atoms with Crippen LogP contribution in [0.25, 0.3) is 0 Å². The summed E-state index contributed by atoms with van der Waals surface area (Å²) in [5.74, 6) is 0.840. The van der Waals surface area contributed by atoms with E-state index in [-0.39, 0.29) is 31.1 Å². The van der Waals surface area contributed by atoms with Gasteiger partial charge in [0.2, 0.25) is 0 Å². The highest BCUT2D eigenvalue weighted by Crippen LogP contribution is 2.18. The van der Waals surface area contributed by atoms with E-state index in [1.807, 2.05) is 0 Å². The van der Waals surface area contributed by atoms with E-state index >= 15 is 0 Å². The molecule has 2 atom stereocenters. The average Bonchev–Trinajstić information content (AvgIpc) is 3.23. The number of carbonyl (C=O) groups excluding carboxylic acids is 3. The van der Waals surface area contributed by atoms with Gasteiger partial charge in [0, 0.05) is 19.3 Å². The molecule has 0 spiro atoms. The van der Waals surface area contributed by atoms with Gasteiger partial charge in [-0.1, -0.05) is 259 Å². The summed E-state index contributed by atoms with van der Waals surface area (Å²) in [7, 11) is 0. The Morgan fingerprint density at radius 2 is 0.633 bits per heavy atom. The Morgan fingerprint density at radius 1 is 0.350 bits per heavy atom. The maximum absolute atomic E-state index is 12.8. The highest BCUT2D eigenvalue weighted by Gasteiger charge is 2.19. The van der Waals surface area contributed by atoms with Crippen LogP contribution in [-0.4, -0.2) is 37.2 Å². The molecule has 0 fully saturated rings. The van der Waals surface area contributed by atoms with E-state index in [9.17, 15) is 14.4 Å². The lowest BCUT2D eigenvalue weighted by atomic mass is 9.99. The number of hydrogen-bond donors (Lipinski definition) is 0. The summed E-state index contributed by atoms with van der Waals surface area (Å²) >= 11 is 0. The van der Waals surface area contributed by atoms with Crippen LogP contribution in [0.15, 0.2) is 0 Å². The van der Waals surface area contributed by atoms with Crippen molar-refractivity contribution in [1.29, 1.82) is 0 Å². The standard InChI is InChI=1S/C54H104O6/c1-6-8-9-10-11-12-13-14-15-16-17-24-29-34-39-44-52(55)58-47-51(48-59-53(56)45-40-35-30-25-20-18-22-27-32-37-42-49(3)4)60-54(57)46-41-36-31-26-21-19-23-28-33-38-43-50(5)7-2/h49-51H,6-48H2,1-5H3/t50?,51-/m0/s1. The minimum atomic E-state index is -0.762. The lowest BCUT2D eigenvalue weighted by molar-refractivity contribution is -0.167. The lowest BCUT2D eigenvalue weighted by Crippen LogP contribution is -2.30. The van der Waals surface area contributed by atoms with E-state index in [0.717, 1.165) is 69.6 Å². The van der Waals surface area contributed by atoms with Crippen molar-refractivity contribution in [3.8, 4) is 0 Å². The molecule has 0 bridgehead atoms. The van der Waals surface area contributed by atoms with Gasteiger partial charge < -0.3 is 14.2 Å². The molecule has 1 unspecified atom stereocenters. The van der Waals surface area contributed by atoms with Gasteiger partial charge in [-0.05, 0) is 31.1 Å². The van der Waals surface area contributed by atoms with Crippen molar-refractivity contribution >= 4 is 17.9 Å². The van der Waals surface area contributed by atoms with E-state index in [1.165, 1.54) is 186 Å². The number of carbonyl (C=O) groups is 3. The Kier molecular flexibility index (Phi) is 45.7. The second-order valence-corrected chi connectivity index (χ2v) is 19.2. The first-order valence-corrected chi connectivity index (χ1v) is 26.8. The Labute approximate surface area is 374 Å². The molecule has 0 aromatic carbocycles. The Balaban J connectivity index is 4.32. The molecule has 6 nitrogen and oxygen atoms in total. The number of esters is 3. The largest absolute Gasteiger partial charge is 0.462 e. The summed E-state index contributed by atoms with van der Waals surface area (Å²) in [5, 5.41) is 0.